The minimum atomic E-state index is -0.687. The van der Waals surface area contributed by atoms with Crippen LogP contribution in [0.1, 0.15) is 30.4 Å². The molecule has 2 aromatic rings. The number of para-hydroxylation sites is 2. The van der Waals surface area contributed by atoms with Gasteiger partial charge in [0.1, 0.15) is 12.7 Å². The lowest BCUT2D eigenvalue weighted by Crippen LogP contribution is -2.44. The second kappa shape index (κ2) is 7.29. The summed E-state index contributed by atoms with van der Waals surface area (Å²) in [4.78, 5) is 2.42. The Morgan fingerprint density at radius 1 is 1.04 bits per heavy atom. The fraction of sp³-hybridized carbons (Fsp3) is 0.455. The van der Waals surface area contributed by atoms with Crippen molar-refractivity contribution >= 4 is 0 Å². The van der Waals surface area contributed by atoms with Gasteiger partial charge in [0.25, 0.3) is 0 Å². The van der Waals surface area contributed by atoms with Gasteiger partial charge in [0.2, 0.25) is 0 Å². The van der Waals surface area contributed by atoms with E-state index in [0.717, 1.165) is 56.0 Å². The summed E-state index contributed by atoms with van der Waals surface area (Å²) in [5.74, 6) is 1.68. The molecule has 4 rings (SSSR count). The smallest absolute Gasteiger partial charge is 0.161 e. The molecule has 0 spiro atoms. The maximum atomic E-state index is 11.0. The third-order valence-electron chi connectivity index (χ3n) is 5.61. The number of nitrogens with zero attached hydrogens (tertiary/aromatic N) is 1. The largest absolute Gasteiger partial charge is 0.486 e. The van der Waals surface area contributed by atoms with Gasteiger partial charge in [-0.05, 0) is 37.5 Å². The van der Waals surface area contributed by atoms with Gasteiger partial charge in [0.05, 0.1) is 5.60 Å². The number of hydrogen-bond donors (Lipinski definition) is 1. The highest BCUT2D eigenvalue weighted by Crippen LogP contribution is 2.34. The molecule has 0 aliphatic carbocycles. The van der Waals surface area contributed by atoms with Gasteiger partial charge in [0.15, 0.2) is 11.5 Å². The maximum Gasteiger partial charge on any atom is 0.161 e. The lowest BCUT2D eigenvalue weighted by Gasteiger charge is -2.39. The first-order chi connectivity index (χ1) is 12.6. The van der Waals surface area contributed by atoms with E-state index in [1.165, 1.54) is 5.56 Å². The van der Waals surface area contributed by atoms with Crippen molar-refractivity contribution in [3.05, 3.63) is 59.7 Å². The zero-order valence-electron chi connectivity index (χ0n) is 15.4. The summed E-state index contributed by atoms with van der Waals surface area (Å²) in [5.41, 5.74) is 1.59. The van der Waals surface area contributed by atoms with Crippen molar-refractivity contribution in [3.8, 4) is 11.5 Å². The number of benzene rings is 2. The van der Waals surface area contributed by atoms with E-state index in [1.54, 1.807) is 0 Å². The van der Waals surface area contributed by atoms with Gasteiger partial charge in [-0.1, -0.05) is 42.0 Å². The number of hydrogen-bond acceptors (Lipinski definition) is 4. The summed E-state index contributed by atoms with van der Waals surface area (Å²) < 4.78 is 11.8. The number of aryl methyl sites for hydroxylation is 1. The van der Waals surface area contributed by atoms with Gasteiger partial charge < -0.3 is 19.5 Å². The quantitative estimate of drug-likeness (QED) is 0.913. The molecule has 1 atom stereocenters. The summed E-state index contributed by atoms with van der Waals surface area (Å²) in [6.45, 7) is 5.48. The summed E-state index contributed by atoms with van der Waals surface area (Å²) in [6, 6.07) is 16.1. The van der Waals surface area contributed by atoms with Gasteiger partial charge in [-0.3, -0.25) is 0 Å². The first-order valence-corrected chi connectivity index (χ1v) is 9.53. The Hall–Kier alpha value is -2.04. The molecule has 2 aromatic carbocycles. The monoisotopic (exact) mass is 353 g/mol. The van der Waals surface area contributed by atoms with Crippen molar-refractivity contribution in [2.75, 3.05) is 26.2 Å². The molecule has 26 heavy (non-hydrogen) atoms. The molecular formula is C22H27NO3. The Morgan fingerprint density at radius 3 is 2.46 bits per heavy atom. The number of ether oxygens (including phenoxy) is 2. The second-order valence-corrected chi connectivity index (χ2v) is 7.53. The van der Waals surface area contributed by atoms with Gasteiger partial charge in [-0.15, -0.1) is 0 Å². The van der Waals surface area contributed by atoms with Crippen LogP contribution in [0.4, 0.5) is 0 Å². The predicted molar refractivity (Wildman–Crippen MR) is 102 cm³/mol. The lowest BCUT2D eigenvalue weighted by molar-refractivity contribution is -0.0289. The highest BCUT2D eigenvalue weighted by atomic mass is 16.6. The van der Waals surface area contributed by atoms with Crippen molar-refractivity contribution < 1.29 is 14.6 Å². The van der Waals surface area contributed by atoms with E-state index in [2.05, 4.69) is 36.1 Å². The van der Waals surface area contributed by atoms with Gasteiger partial charge in [-0.2, -0.15) is 0 Å². The van der Waals surface area contributed by atoms with Crippen LogP contribution < -0.4 is 9.47 Å². The van der Waals surface area contributed by atoms with Crippen molar-refractivity contribution in [3.63, 3.8) is 0 Å². The lowest BCUT2D eigenvalue weighted by atomic mass is 9.84. The molecule has 1 N–H and O–H groups in total. The topological polar surface area (TPSA) is 41.9 Å². The Labute approximate surface area is 155 Å². The molecule has 1 saturated heterocycles. The zero-order chi connectivity index (χ0) is 18.0. The summed E-state index contributed by atoms with van der Waals surface area (Å²) in [5, 5.41) is 11.0. The van der Waals surface area contributed by atoms with E-state index in [4.69, 9.17) is 9.47 Å². The Kier molecular flexibility index (Phi) is 4.88. The van der Waals surface area contributed by atoms with Crippen LogP contribution in [0.3, 0.4) is 0 Å². The van der Waals surface area contributed by atoms with E-state index in [9.17, 15) is 5.11 Å². The summed E-state index contributed by atoms with van der Waals surface area (Å²) >= 11 is 0. The number of aliphatic hydroxyl groups is 1. The van der Waals surface area contributed by atoms with Crippen LogP contribution in [0.5, 0.6) is 11.5 Å². The predicted octanol–water partition coefficient (Wildman–Crippen LogP) is 3.51. The van der Waals surface area contributed by atoms with E-state index >= 15 is 0 Å². The van der Waals surface area contributed by atoms with Crippen LogP contribution in [0.15, 0.2) is 48.5 Å². The molecule has 0 bridgehead atoms. The molecule has 0 saturated carbocycles. The maximum absolute atomic E-state index is 11.0. The minimum Gasteiger partial charge on any atom is -0.486 e. The number of likely N-dealkylation sites (tertiary alicyclic amines) is 1. The first-order valence-electron chi connectivity index (χ1n) is 9.53. The average Bonchev–Trinajstić information content (AvgIpc) is 2.68. The molecule has 0 aromatic heterocycles. The molecule has 4 nitrogen and oxygen atoms in total. The fourth-order valence-corrected chi connectivity index (χ4v) is 3.83. The van der Waals surface area contributed by atoms with E-state index in [-0.39, 0.29) is 6.10 Å². The zero-order valence-corrected chi connectivity index (χ0v) is 15.4. The van der Waals surface area contributed by atoms with Crippen LogP contribution in [0.25, 0.3) is 0 Å². The molecule has 0 amide bonds. The standard InChI is InChI=1S/C22H27NO3/c1-17-6-8-18(9-7-17)22(24)11-14-23(15-12-22)13-10-19-16-25-20-4-2-3-5-21(20)26-19/h2-9,19,24H,10-16H2,1H3. The Bertz CT molecular complexity index is 735. The molecule has 0 radical (unpaired) electrons. The molecule has 4 heteroatoms. The molecule has 1 unspecified atom stereocenters. The molecule has 2 aliphatic rings. The molecule has 138 valence electrons. The molecule has 2 aliphatic heterocycles. The van der Waals surface area contributed by atoms with Crippen molar-refractivity contribution in [2.24, 2.45) is 0 Å². The highest BCUT2D eigenvalue weighted by Gasteiger charge is 2.34. The third-order valence-corrected chi connectivity index (χ3v) is 5.61. The van der Waals surface area contributed by atoms with Crippen molar-refractivity contribution in [2.45, 2.75) is 37.9 Å². The van der Waals surface area contributed by atoms with Crippen LogP contribution in [-0.2, 0) is 5.60 Å². The molecule has 1 fully saturated rings. The molecular weight excluding hydrogens is 326 g/mol. The van der Waals surface area contributed by atoms with E-state index in [0.29, 0.717) is 6.61 Å². The summed E-state index contributed by atoms with van der Waals surface area (Å²) in [7, 11) is 0. The second-order valence-electron chi connectivity index (χ2n) is 7.53. The van der Waals surface area contributed by atoms with Crippen LogP contribution in [0.2, 0.25) is 0 Å². The summed E-state index contributed by atoms with van der Waals surface area (Å²) in [6.07, 6.45) is 2.60. The first kappa shape index (κ1) is 17.4. The van der Waals surface area contributed by atoms with Gasteiger partial charge in [0, 0.05) is 26.1 Å². The fourth-order valence-electron chi connectivity index (χ4n) is 3.83. The third kappa shape index (κ3) is 3.71. The van der Waals surface area contributed by atoms with E-state index in [1.807, 2.05) is 24.3 Å². The Morgan fingerprint density at radius 2 is 1.73 bits per heavy atom. The van der Waals surface area contributed by atoms with Gasteiger partial charge in [-0.25, -0.2) is 0 Å². The number of piperidine rings is 1. The number of rotatable bonds is 4. The Balaban J connectivity index is 1.27. The minimum absolute atomic E-state index is 0.0998. The normalized spacial score (nSPS) is 22.2. The average molecular weight is 353 g/mol. The van der Waals surface area contributed by atoms with Crippen LogP contribution in [-0.4, -0.2) is 42.4 Å². The highest BCUT2D eigenvalue weighted by molar-refractivity contribution is 5.40. The van der Waals surface area contributed by atoms with Crippen molar-refractivity contribution in [1.29, 1.82) is 0 Å². The SMILES string of the molecule is Cc1ccc(C2(O)CCN(CCC3COc4ccccc4O3)CC2)cc1. The van der Waals surface area contributed by atoms with Crippen molar-refractivity contribution in [1.82, 2.24) is 4.90 Å². The number of fused-ring (bicyclic) bond motifs is 1. The van der Waals surface area contributed by atoms with E-state index < -0.39 is 5.60 Å². The van der Waals surface area contributed by atoms with Crippen LogP contribution in [0, 0.1) is 6.92 Å². The van der Waals surface area contributed by atoms with Gasteiger partial charge >= 0.3 is 0 Å². The van der Waals surface area contributed by atoms with Crippen LogP contribution >= 0.6 is 0 Å². The molecule has 2 heterocycles.